The lowest BCUT2D eigenvalue weighted by Gasteiger charge is -2.02. The number of aromatic nitrogens is 4. The Hall–Kier alpha value is -1.75. The van der Waals surface area contributed by atoms with E-state index in [1.807, 2.05) is 0 Å². The van der Waals surface area contributed by atoms with Crippen molar-refractivity contribution >= 4 is 17.5 Å². The molecule has 0 aliphatic carbocycles. The zero-order valence-corrected chi connectivity index (χ0v) is 8.52. The van der Waals surface area contributed by atoms with Gasteiger partial charge in [0.15, 0.2) is 0 Å². The second kappa shape index (κ2) is 4.65. The summed E-state index contributed by atoms with van der Waals surface area (Å²) in [4.78, 5) is 16.0. The van der Waals surface area contributed by atoms with E-state index < -0.39 is 0 Å². The maximum Gasteiger partial charge on any atom is 0.222 e. The van der Waals surface area contributed by atoms with E-state index in [2.05, 4.69) is 25.3 Å². The molecule has 2 aromatic rings. The van der Waals surface area contributed by atoms with Crippen molar-refractivity contribution < 1.29 is 0 Å². The molecule has 0 fully saturated rings. The van der Waals surface area contributed by atoms with Crippen LogP contribution in [0.15, 0.2) is 31.0 Å². The molecule has 2 aromatic heterocycles. The van der Waals surface area contributed by atoms with Crippen LogP contribution in [-0.4, -0.2) is 19.9 Å². The van der Waals surface area contributed by atoms with Crippen LogP contribution in [0.1, 0.15) is 5.69 Å². The van der Waals surface area contributed by atoms with E-state index in [1.54, 1.807) is 18.6 Å². The van der Waals surface area contributed by atoms with E-state index in [0.29, 0.717) is 17.5 Å². The summed E-state index contributed by atoms with van der Waals surface area (Å²) in [6.45, 7) is 0.537. The predicted octanol–water partition coefficient (Wildman–Crippen LogP) is 1.53. The number of anilines is 1. The molecule has 0 radical (unpaired) electrons. The summed E-state index contributed by atoms with van der Waals surface area (Å²) in [7, 11) is 0. The highest BCUT2D eigenvalue weighted by molar-refractivity contribution is 6.30. The molecule has 0 saturated carbocycles. The summed E-state index contributed by atoms with van der Waals surface area (Å²) < 4.78 is 0. The third-order valence-electron chi connectivity index (χ3n) is 1.66. The van der Waals surface area contributed by atoms with Gasteiger partial charge in [-0.25, -0.2) is 9.97 Å². The number of nitrogens with zero attached hydrogens (tertiary/aromatic N) is 4. The molecule has 0 aromatic carbocycles. The second-order valence-electron chi connectivity index (χ2n) is 2.78. The SMILES string of the molecule is Clc1cnc(NCc2cnccn2)nc1. The van der Waals surface area contributed by atoms with Crippen LogP contribution in [0.25, 0.3) is 0 Å². The Morgan fingerprint density at radius 3 is 2.53 bits per heavy atom. The minimum absolute atomic E-state index is 0.514. The first-order valence-corrected chi connectivity index (χ1v) is 4.69. The van der Waals surface area contributed by atoms with Crippen molar-refractivity contribution in [3.63, 3.8) is 0 Å². The predicted molar refractivity (Wildman–Crippen MR) is 56.4 cm³/mol. The second-order valence-corrected chi connectivity index (χ2v) is 3.21. The van der Waals surface area contributed by atoms with Gasteiger partial charge < -0.3 is 5.32 Å². The average Bonchev–Trinajstić information content (AvgIpc) is 2.30. The molecule has 0 bridgehead atoms. The Morgan fingerprint density at radius 1 is 1.07 bits per heavy atom. The highest BCUT2D eigenvalue weighted by atomic mass is 35.5. The molecular weight excluding hydrogens is 214 g/mol. The lowest BCUT2D eigenvalue weighted by molar-refractivity contribution is 0.978. The maximum absolute atomic E-state index is 5.65. The topological polar surface area (TPSA) is 63.6 Å². The van der Waals surface area contributed by atoms with Gasteiger partial charge in [0.2, 0.25) is 5.95 Å². The van der Waals surface area contributed by atoms with Gasteiger partial charge in [0.05, 0.1) is 35.9 Å². The Labute approximate surface area is 91.6 Å². The fourth-order valence-electron chi connectivity index (χ4n) is 0.994. The van der Waals surface area contributed by atoms with E-state index >= 15 is 0 Å². The smallest absolute Gasteiger partial charge is 0.222 e. The van der Waals surface area contributed by atoms with Gasteiger partial charge >= 0.3 is 0 Å². The zero-order valence-electron chi connectivity index (χ0n) is 7.76. The molecule has 0 unspecified atom stereocenters. The Bertz CT molecular complexity index is 416. The van der Waals surface area contributed by atoms with E-state index in [4.69, 9.17) is 11.6 Å². The summed E-state index contributed by atoms with van der Waals surface area (Å²) in [5, 5.41) is 3.52. The number of hydrogen-bond acceptors (Lipinski definition) is 5. The van der Waals surface area contributed by atoms with Crippen LogP contribution in [0.4, 0.5) is 5.95 Å². The molecule has 6 heteroatoms. The average molecular weight is 222 g/mol. The quantitative estimate of drug-likeness (QED) is 0.852. The highest BCUT2D eigenvalue weighted by Gasteiger charge is 1.97. The van der Waals surface area contributed by atoms with Crippen LogP contribution in [-0.2, 0) is 6.54 Å². The van der Waals surface area contributed by atoms with E-state index in [0.717, 1.165) is 5.69 Å². The van der Waals surface area contributed by atoms with Crippen molar-refractivity contribution in [3.05, 3.63) is 41.7 Å². The van der Waals surface area contributed by atoms with Gasteiger partial charge in [-0.2, -0.15) is 0 Å². The number of nitrogens with one attached hydrogen (secondary N) is 1. The lowest BCUT2D eigenvalue weighted by atomic mass is 10.4. The van der Waals surface area contributed by atoms with Crippen molar-refractivity contribution in [1.29, 1.82) is 0 Å². The molecule has 0 atom stereocenters. The molecule has 0 aliphatic heterocycles. The van der Waals surface area contributed by atoms with E-state index in [-0.39, 0.29) is 0 Å². The van der Waals surface area contributed by atoms with Gasteiger partial charge in [-0.15, -0.1) is 0 Å². The normalized spacial score (nSPS) is 9.93. The molecule has 1 N–H and O–H groups in total. The van der Waals surface area contributed by atoms with Gasteiger partial charge in [0.25, 0.3) is 0 Å². The molecule has 0 saturated heterocycles. The van der Waals surface area contributed by atoms with Gasteiger partial charge in [0.1, 0.15) is 0 Å². The van der Waals surface area contributed by atoms with Crippen LogP contribution in [0.5, 0.6) is 0 Å². The maximum atomic E-state index is 5.65. The number of rotatable bonds is 3. The van der Waals surface area contributed by atoms with Crippen molar-refractivity contribution in [2.75, 3.05) is 5.32 Å². The Balaban J connectivity index is 1.96. The van der Waals surface area contributed by atoms with Gasteiger partial charge in [-0.1, -0.05) is 11.6 Å². The van der Waals surface area contributed by atoms with Crippen molar-refractivity contribution in [2.24, 2.45) is 0 Å². The first-order chi connectivity index (χ1) is 7.34. The van der Waals surface area contributed by atoms with Crippen LogP contribution in [0, 0.1) is 0 Å². The highest BCUT2D eigenvalue weighted by Crippen LogP contribution is 2.06. The first kappa shape index (κ1) is 9.79. The van der Waals surface area contributed by atoms with Gasteiger partial charge in [-0.3, -0.25) is 9.97 Å². The number of halogens is 1. The van der Waals surface area contributed by atoms with Crippen molar-refractivity contribution in [2.45, 2.75) is 6.54 Å². The third-order valence-corrected chi connectivity index (χ3v) is 1.86. The van der Waals surface area contributed by atoms with Crippen LogP contribution in [0.3, 0.4) is 0 Å². The van der Waals surface area contributed by atoms with Crippen molar-refractivity contribution in [1.82, 2.24) is 19.9 Å². The number of hydrogen-bond donors (Lipinski definition) is 1. The van der Waals surface area contributed by atoms with Gasteiger partial charge in [-0.05, 0) is 0 Å². The molecule has 0 aliphatic rings. The molecule has 2 heterocycles. The summed E-state index contributed by atoms with van der Waals surface area (Å²) in [5.74, 6) is 0.519. The minimum Gasteiger partial charge on any atom is -0.349 e. The monoisotopic (exact) mass is 221 g/mol. The fraction of sp³-hybridized carbons (Fsp3) is 0.111. The Kier molecular flexibility index (Phi) is 3.04. The van der Waals surface area contributed by atoms with Crippen LogP contribution < -0.4 is 5.32 Å². The fourth-order valence-corrected chi connectivity index (χ4v) is 1.09. The Morgan fingerprint density at radius 2 is 1.87 bits per heavy atom. The lowest BCUT2D eigenvalue weighted by Crippen LogP contribution is -2.04. The summed E-state index contributed by atoms with van der Waals surface area (Å²) in [6, 6.07) is 0. The zero-order chi connectivity index (χ0) is 10.5. The van der Waals surface area contributed by atoms with Crippen LogP contribution >= 0.6 is 11.6 Å². The summed E-state index contributed by atoms with van der Waals surface area (Å²) in [6.07, 6.45) is 8.02. The van der Waals surface area contributed by atoms with Gasteiger partial charge in [0, 0.05) is 12.4 Å². The molecule has 0 spiro atoms. The summed E-state index contributed by atoms with van der Waals surface area (Å²) >= 11 is 5.65. The molecule has 2 rings (SSSR count). The standard InChI is InChI=1S/C9H8ClN5/c10-7-3-13-9(14-4-7)15-6-8-5-11-1-2-12-8/h1-5H,6H2,(H,13,14,15). The molecule has 5 nitrogen and oxygen atoms in total. The molecular formula is C9H8ClN5. The molecule has 0 amide bonds. The van der Waals surface area contributed by atoms with Crippen molar-refractivity contribution in [3.8, 4) is 0 Å². The van der Waals surface area contributed by atoms with E-state index in [1.165, 1.54) is 12.4 Å². The third kappa shape index (κ3) is 2.85. The minimum atomic E-state index is 0.514. The van der Waals surface area contributed by atoms with E-state index in [9.17, 15) is 0 Å². The largest absolute Gasteiger partial charge is 0.349 e. The summed E-state index contributed by atoms with van der Waals surface area (Å²) in [5.41, 5.74) is 0.830. The molecule has 15 heavy (non-hydrogen) atoms. The molecule has 76 valence electrons. The van der Waals surface area contributed by atoms with Crippen LogP contribution in [0.2, 0.25) is 5.02 Å². The first-order valence-electron chi connectivity index (χ1n) is 4.31.